The fourth-order valence-corrected chi connectivity index (χ4v) is 4.56. The maximum Gasteiger partial charge on any atom is 0.171 e. The number of pyridine rings is 1. The molecule has 0 saturated heterocycles. The van der Waals surface area contributed by atoms with E-state index in [4.69, 9.17) is 9.84 Å². The van der Waals surface area contributed by atoms with Crippen molar-refractivity contribution in [2.45, 2.75) is 38.5 Å². The predicted octanol–water partition coefficient (Wildman–Crippen LogP) is 1.78. The second-order valence-corrected chi connectivity index (χ2v) is 7.75. The summed E-state index contributed by atoms with van der Waals surface area (Å²) >= 11 is 0. The highest BCUT2D eigenvalue weighted by atomic mass is 19.1. The highest BCUT2D eigenvalue weighted by Crippen LogP contribution is 2.34. The first-order chi connectivity index (χ1) is 14.1. The van der Waals surface area contributed by atoms with Gasteiger partial charge in [0, 0.05) is 31.8 Å². The zero-order valence-electron chi connectivity index (χ0n) is 16.4. The second kappa shape index (κ2) is 6.83. The van der Waals surface area contributed by atoms with Gasteiger partial charge in [0.25, 0.3) is 0 Å². The minimum atomic E-state index is -0.421. The van der Waals surface area contributed by atoms with E-state index in [0.29, 0.717) is 30.9 Å². The first kappa shape index (κ1) is 18.1. The summed E-state index contributed by atoms with van der Waals surface area (Å²) in [5, 5.41) is 21.7. The van der Waals surface area contributed by atoms with Crippen LogP contribution in [0.5, 0.6) is 0 Å². The van der Waals surface area contributed by atoms with Crippen LogP contribution in [0.1, 0.15) is 35.6 Å². The molecule has 5 heterocycles. The highest BCUT2D eigenvalue weighted by molar-refractivity contribution is 5.75. The molecule has 2 atom stereocenters. The molecule has 5 rings (SSSR count). The van der Waals surface area contributed by atoms with Crippen LogP contribution >= 0.6 is 0 Å². The van der Waals surface area contributed by atoms with Crippen molar-refractivity contribution in [2.75, 3.05) is 25.2 Å². The van der Waals surface area contributed by atoms with Crippen LogP contribution in [0.4, 0.5) is 10.1 Å². The fraction of sp³-hybridized carbons (Fsp3) is 0.450. The summed E-state index contributed by atoms with van der Waals surface area (Å²) in [5.74, 6) is -0.421. The van der Waals surface area contributed by atoms with Crippen molar-refractivity contribution in [3.8, 4) is 6.07 Å². The molecular weight excluding hydrogens is 373 g/mol. The lowest BCUT2D eigenvalue weighted by Gasteiger charge is -2.35. The largest absolute Gasteiger partial charge is 0.383 e. The van der Waals surface area contributed by atoms with Crippen molar-refractivity contribution in [1.82, 2.24) is 24.7 Å². The van der Waals surface area contributed by atoms with E-state index < -0.39 is 5.82 Å². The average Bonchev–Trinajstić information content (AvgIpc) is 3.29. The van der Waals surface area contributed by atoms with Gasteiger partial charge in [0.15, 0.2) is 5.82 Å². The molecule has 29 heavy (non-hydrogen) atoms. The van der Waals surface area contributed by atoms with Gasteiger partial charge < -0.3 is 15.0 Å². The molecule has 1 N–H and O–H groups in total. The molecule has 3 aromatic rings. The number of methoxy groups -OCH3 is 1. The molecule has 0 saturated carbocycles. The third-order valence-electron chi connectivity index (χ3n) is 5.87. The minimum Gasteiger partial charge on any atom is -0.383 e. The van der Waals surface area contributed by atoms with Crippen LogP contribution < -0.4 is 10.2 Å². The SMILES string of the molecule is COC[C@@H]1Cc2c(nn3c2CN(c2ccc(C#N)n4ncc(F)c24)C[C@H]3C)CN1. The average molecular weight is 395 g/mol. The van der Waals surface area contributed by atoms with Gasteiger partial charge in [0.2, 0.25) is 0 Å². The maximum absolute atomic E-state index is 14.6. The first-order valence-electron chi connectivity index (χ1n) is 9.73. The summed E-state index contributed by atoms with van der Waals surface area (Å²) in [7, 11) is 1.71. The summed E-state index contributed by atoms with van der Waals surface area (Å²) in [6.45, 7) is 4.85. The summed E-state index contributed by atoms with van der Waals surface area (Å²) < 4.78 is 23.4. The first-order valence-corrected chi connectivity index (χ1v) is 9.73. The fourth-order valence-electron chi connectivity index (χ4n) is 4.56. The molecule has 0 radical (unpaired) electrons. The van der Waals surface area contributed by atoms with Crippen molar-refractivity contribution < 1.29 is 9.13 Å². The van der Waals surface area contributed by atoms with Gasteiger partial charge in [-0.3, -0.25) is 4.68 Å². The Morgan fingerprint density at radius 2 is 2.28 bits per heavy atom. The van der Waals surface area contributed by atoms with Crippen LogP contribution in [-0.2, 0) is 24.2 Å². The molecule has 2 aliphatic rings. The van der Waals surface area contributed by atoms with Crippen molar-refractivity contribution in [3.63, 3.8) is 0 Å². The molecule has 150 valence electrons. The van der Waals surface area contributed by atoms with E-state index >= 15 is 0 Å². The van der Waals surface area contributed by atoms with Gasteiger partial charge >= 0.3 is 0 Å². The molecule has 0 aromatic carbocycles. The number of hydrogen-bond donors (Lipinski definition) is 1. The van der Waals surface area contributed by atoms with Gasteiger partial charge in [0.1, 0.15) is 17.3 Å². The lowest BCUT2D eigenvalue weighted by Crippen LogP contribution is -2.40. The molecule has 8 nitrogen and oxygen atoms in total. The summed E-state index contributed by atoms with van der Waals surface area (Å²) in [6.07, 6.45) is 2.03. The number of nitriles is 1. The standard InChI is InChI=1S/C20H22FN7O/c1-12-9-26(18-4-3-14(6-22)28-20(18)16(21)7-24-28)10-19-15-5-13(11-29-2)23-8-17(15)25-27(12)19/h3-4,7,12-13,23H,5,8-11H2,1-2H3/t12-,13+/m1/s1. The van der Waals surface area contributed by atoms with Crippen molar-refractivity contribution in [1.29, 1.82) is 5.26 Å². The zero-order chi connectivity index (χ0) is 20.1. The number of fused-ring (bicyclic) bond motifs is 4. The number of nitrogens with one attached hydrogen (secondary N) is 1. The molecule has 0 bridgehead atoms. The molecule has 0 spiro atoms. The van der Waals surface area contributed by atoms with Crippen LogP contribution in [0.15, 0.2) is 18.3 Å². The Bertz CT molecular complexity index is 1130. The Labute approximate surface area is 167 Å². The van der Waals surface area contributed by atoms with Crippen LogP contribution in [0, 0.1) is 17.1 Å². The third-order valence-corrected chi connectivity index (χ3v) is 5.87. The molecule has 9 heteroatoms. The third kappa shape index (κ3) is 2.79. The van der Waals surface area contributed by atoms with Crippen molar-refractivity contribution >= 4 is 11.2 Å². The molecule has 0 fully saturated rings. The Hall–Kier alpha value is -2.96. The van der Waals surface area contributed by atoms with Gasteiger partial charge in [-0.2, -0.15) is 15.5 Å². The maximum atomic E-state index is 14.6. The van der Waals surface area contributed by atoms with Gasteiger partial charge in [-0.1, -0.05) is 0 Å². The van der Waals surface area contributed by atoms with Crippen LogP contribution in [0.3, 0.4) is 0 Å². The smallest absolute Gasteiger partial charge is 0.171 e. The Kier molecular flexibility index (Phi) is 4.26. The normalized spacial score (nSPS) is 21.1. The number of hydrogen-bond acceptors (Lipinski definition) is 6. The summed E-state index contributed by atoms with van der Waals surface area (Å²) in [6, 6.07) is 6.00. The van der Waals surface area contributed by atoms with Gasteiger partial charge in [-0.25, -0.2) is 8.91 Å². The lowest BCUT2D eigenvalue weighted by atomic mass is 9.98. The lowest BCUT2D eigenvalue weighted by molar-refractivity contribution is 0.162. The van der Waals surface area contributed by atoms with Gasteiger partial charge in [-0.05, 0) is 25.5 Å². The summed E-state index contributed by atoms with van der Waals surface area (Å²) in [5.41, 5.74) is 4.92. The predicted molar refractivity (Wildman–Crippen MR) is 104 cm³/mol. The van der Waals surface area contributed by atoms with Crippen molar-refractivity contribution in [2.24, 2.45) is 0 Å². The monoisotopic (exact) mass is 395 g/mol. The molecule has 3 aromatic heterocycles. The topological polar surface area (TPSA) is 83.4 Å². The number of ether oxygens (including phenoxy) is 1. The minimum absolute atomic E-state index is 0.145. The number of halogens is 1. The van der Waals surface area contributed by atoms with Crippen LogP contribution in [-0.4, -0.2) is 45.7 Å². The van der Waals surface area contributed by atoms with Crippen molar-refractivity contribution in [3.05, 3.63) is 46.8 Å². The van der Waals surface area contributed by atoms with Crippen LogP contribution in [0.25, 0.3) is 5.52 Å². The second-order valence-electron chi connectivity index (χ2n) is 7.75. The van der Waals surface area contributed by atoms with E-state index in [2.05, 4.69) is 33.0 Å². The molecule has 2 aliphatic heterocycles. The van der Waals surface area contributed by atoms with E-state index in [0.717, 1.165) is 24.3 Å². The van der Waals surface area contributed by atoms with Gasteiger partial charge in [-0.15, -0.1) is 0 Å². The molecule has 0 aliphatic carbocycles. The molecular formula is C20H22FN7O. The molecule has 0 amide bonds. The van der Waals surface area contributed by atoms with E-state index in [1.807, 2.05) is 6.07 Å². The zero-order valence-corrected chi connectivity index (χ0v) is 16.4. The Morgan fingerprint density at radius 1 is 1.41 bits per heavy atom. The number of anilines is 1. The quantitative estimate of drug-likeness (QED) is 0.728. The Balaban J connectivity index is 1.56. The highest BCUT2D eigenvalue weighted by Gasteiger charge is 2.32. The summed E-state index contributed by atoms with van der Waals surface area (Å²) in [4.78, 5) is 2.16. The number of rotatable bonds is 3. The van der Waals surface area contributed by atoms with Gasteiger partial charge in [0.05, 0.1) is 42.5 Å². The van der Waals surface area contributed by atoms with E-state index in [1.54, 1.807) is 13.2 Å². The number of aromatic nitrogens is 4. The van der Waals surface area contributed by atoms with E-state index in [9.17, 15) is 9.65 Å². The number of nitrogens with zero attached hydrogens (tertiary/aromatic N) is 6. The molecule has 0 unspecified atom stereocenters. The van der Waals surface area contributed by atoms with Crippen LogP contribution in [0.2, 0.25) is 0 Å². The Morgan fingerprint density at radius 3 is 3.07 bits per heavy atom. The van der Waals surface area contributed by atoms with E-state index in [-0.39, 0.29) is 12.1 Å². The van der Waals surface area contributed by atoms with E-state index in [1.165, 1.54) is 22.0 Å².